The van der Waals surface area contributed by atoms with Gasteiger partial charge in [-0.2, -0.15) is 0 Å². The lowest BCUT2D eigenvalue weighted by molar-refractivity contribution is -0.116. The van der Waals surface area contributed by atoms with Crippen LogP contribution >= 0.6 is 27.7 Å². The number of nitrogens with one attached hydrogen (secondary N) is 1. The van der Waals surface area contributed by atoms with Crippen LogP contribution in [0.5, 0.6) is 0 Å². The van der Waals surface area contributed by atoms with E-state index in [4.69, 9.17) is 4.99 Å². The van der Waals surface area contributed by atoms with E-state index in [0.29, 0.717) is 10.9 Å². The third kappa shape index (κ3) is 2.98. The molecule has 0 aromatic heterocycles. The number of rotatable bonds is 2. The van der Waals surface area contributed by atoms with Gasteiger partial charge in [-0.25, -0.2) is 5.01 Å². The molecule has 126 valence electrons. The van der Waals surface area contributed by atoms with Crippen LogP contribution < -0.4 is 15.9 Å². The standard InChI is InChI=1S/C18H15BrN4OS/c1-2-25-18-21-17(24)15-13-8-3-4-9-14(13)20-16(23(15)22-18)11-6-5-7-12(19)10-11/h3-10,16H,2H2,1H3,(H,21,22,24)/t16-/m1/s1. The minimum Gasteiger partial charge on any atom is -0.298 e. The lowest BCUT2D eigenvalue weighted by atomic mass is 10.1. The molecule has 2 heterocycles. The van der Waals surface area contributed by atoms with Crippen LogP contribution in [0.25, 0.3) is 5.70 Å². The van der Waals surface area contributed by atoms with E-state index in [0.717, 1.165) is 26.4 Å². The number of fused-ring (bicyclic) bond motifs is 2. The van der Waals surface area contributed by atoms with Crippen molar-refractivity contribution < 1.29 is 4.79 Å². The lowest BCUT2D eigenvalue weighted by Crippen LogP contribution is -2.50. The number of thioether (sulfide) groups is 1. The summed E-state index contributed by atoms with van der Waals surface area (Å²) in [5, 5.41) is 11.5. The molecule has 4 rings (SSSR count). The van der Waals surface area contributed by atoms with Gasteiger partial charge in [0.15, 0.2) is 11.3 Å². The number of carbonyl (C=O) groups is 1. The van der Waals surface area contributed by atoms with Crippen LogP contribution in [-0.4, -0.2) is 21.8 Å². The molecule has 0 bridgehead atoms. The Hall–Kier alpha value is -2.12. The SMILES string of the molecule is CCSC1=NN2C(=c3ccccc3=N[C@H]2c2cccc(Br)c2)C(=O)N1. The fourth-order valence-electron chi connectivity index (χ4n) is 2.91. The predicted octanol–water partition coefficient (Wildman–Crippen LogP) is 2.35. The van der Waals surface area contributed by atoms with Crippen molar-refractivity contribution in [3.63, 3.8) is 0 Å². The number of halogens is 1. The molecule has 25 heavy (non-hydrogen) atoms. The number of para-hydroxylation sites is 1. The summed E-state index contributed by atoms with van der Waals surface area (Å²) in [4.78, 5) is 17.6. The summed E-state index contributed by atoms with van der Waals surface area (Å²) in [6.07, 6.45) is -0.374. The zero-order chi connectivity index (χ0) is 17.4. The van der Waals surface area contributed by atoms with Crippen molar-refractivity contribution in [2.24, 2.45) is 10.1 Å². The summed E-state index contributed by atoms with van der Waals surface area (Å²) in [6.45, 7) is 2.03. The molecule has 1 atom stereocenters. The first-order valence-corrected chi connectivity index (χ1v) is 9.70. The number of hydrazone groups is 1. The molecule has 0 aliphatic carbocycles. The maximum Gasteiger partial charge on any atom is 0.276 e. The molecule has 0 radical (unpaired) electrons. The Labute approximate surface area is 157 Å². The molecule has 1 amide bonds. The first-order valence-electron chi connectivity index (χ1n) is 7.92. The Morgan fingerprint density at radius 3 is 2.88 bits per heavy atom. The quantitative estimate of drug-likeness (QED) is 0.820. The highest BCUT2D eigenvalue weighted by Gasteiger charge is 2.34. The van der Waals surface area contributed by atoms with Gasteiger partial charge >= 0.3 is 0 Å². The molecule has 5 nitrogen and oxygen atoms in total. The van der Waals surface area contributed by atoms with E-state index in [-0.39, 0.29) is 12.1 Å². The number of carbonyl (C=O) groups excluding carboxylic acids is 1. The Bertz CT molecular complexity index is 1000. The van der Waals surface area contributed by atoms with Crippen molar-refractivity contribution in [2.45, 2.75) is 13.1 Å². The average molecular weight is 415 g/mol. The number of benzene rings is 2. The first kappa shape index (κ1) is 16.4. The summed E-state index contributed by atoms with van der Waals surface area (Å²) >= 11 is 5.02. The van der Waals surface area contributed by atoms with Gasteiger partial charge in [-0.05, 0) is 29.5 Å². The Kier molecular flexibility index (Phi) is 4.35. The van der Waals surface area contributed by atoms with Crippen LogP contribution in [0.1, 0.15) is 18.7 Å². The van der Waals surface area contributed by atoms with Crippen molar-refractivity contribution >= 4 is 44.5 Å². The van der Waals surface area contributed by atoms with Crippen molar-refractivity contribution in [2.75, 3.05) is 5.75 Å². The van der Waals surface area contributed by atoms with Gasteiger partial charge in [0.2, 0.25) is 0 Å². The van der Waals surface area contributed by atoms with Crippen molar-refractivity contribution in [3.8, 4) is 0 Å². The smallest absolute Gasteiger partial charge is 0.276 e. The Balaban J connectivity index is 1.96. The average Bonchev–Trinajstić information content (AvgIpc) is 2.61. The minimum absolute atomic E-state index is 0.145. The fraction of sp³-hybridized carbons (Fsp3) is 0.167. The summed E-state index contributed by atoms with van der Waals surface area (Å²) in [5.41, 5.74) is 1.51. The van der Waals surface area contributed by atoms with E-state index < -0.39 is 0 Å². The number of amidine groups is 1. The molecule has 2 aliphatic rings. The molecule has 2 aromatic rings. The third-order valence-corrected chi connectivity index (χ3v) is 5.18. The highest BCUT2D eigenvalue weighted by atomic mass is 79.9. The van der Waals surface area contributed by atoms with Crippen molar-refractivity contribution in [1.82, 2.24) is 10.3 Å². The molecule has 1 N–H and O–H groups in total. The van der Waals surface area contributed by atoms with E-state index in [9.17, 15) is 4.79 Å². The second-order valence-electron chi connectivity index (χ2n) is 5.56. The lowest BCUT2D eigenvalue weighted by Gasteiger charge is -2.34. The van der Waals surface area contributed by atoms with Crippen LogP contribution in [0.2, 0.25) is 0 Å². The van der Waals surface area contributed by atoms with E-state index in [2.05, 4.69) is 26.3 Å². The highest BCUT2D eigenvalue weighted by molar-refractivity contribution is 9.10. The normalized spacial score (nSPS) is 18.7. The molecular formula is C18H15BrN4OS. The van der Waals surface area contributed by atoms with Crippen LogP contribution in [0.15, 0.2) is 63.1 Å². The zero-order valence-corrected chi connectivity index (χ0v) is 15.8. The van der Waals surface area contributed by atoms with Gasteiger partial charge in [0.05, 0.1) is 5.36 Å². The van der Waals surface area contributed by atoms with Crippen LogP contribution in [0, 0.1) is 0 Å². The van der Waals surface area contributed by atoms with Gasteiger partial charge in [-0.3, -0.25) is 15.1 Å². The molecule has 0 unspecified atom stereocenters. The van der Waals surface area contributed by atoms with Crippen LogP contribution in [0.4, 0.5) is 0 Å². The molecular weight excluding hydrogens is 400 g/mol. The van der Waals surface area contributed by atoms with Crippen molar-refractivity contribution in [3.05, 3.63) is 69.1 Å². The maximum absolute atomic E-state index is 12.8. The van der Waals surface area contributed by atoms with Gasteiger partial charge in [0.25, 0.3) is 5.91 Å². The van der Waals surface area contributed by atoms with Gasteiger partial charge < -0.3 is 0 Å². The maximum atomic E-state index is 12.8. The highest BCUT2D eigenvalue weighted by Crippen LogP contribution is 2.31. The Morgan fingerprint density at radius 2 is 2.08 bits per heavy atom. The molecule has 0 fully saturated rings. The molecule has 0 spiro atoms. The van der Waals surface area contributed by atoms with Crippen LogP contribution in [0.3, 0.4) is 0 Å². The number of nitrogens with zero attached hydrogens (tertiary/aromatic N) is 3. The summed E-state index contributed by atoms with van der Waals surface area (Å²) < 4.78 is 0.967. The third-order valence-electron chi connectivity index (χ3n) is 3.94. The molecule has 2 aromatic carbocycles. The van der Waals surface area contributed by atoms with E-state index in [1.54, 1.807) is 5.01 Å². The van der Waals surface area contributed by atoms with Gasteiger partial charge in [0, 0.05) is 9.69 Å². The zero-order valence-electron chi connectivity index (χ0n) is 13.4. The van der Waals surface area contributed by atoms with Gasteiger partial charge in [-0.1, -0.05) is 64.9 Å². The van der Waals surface area contributed by atoms with Gasteiger partial charge in [0.1, 0.15) is 5.70 Å². The first-order chi connectivity index (χ1) is 12.2. The summed E-state index contributed by atoms with van der Waals surface area (Å²) in [7, 11) is 0. The van der Waals surface area contributed by atoms with Crippen LogP contribution in [-0.2, 0) is 4.79 Å². The number of amides is 1. The molecule has 7 heteroatoms. The Morgan fingerprint density at radius 1 is 1.24 bits per heavy atom. The van der Waals surface area contributed by atoms with Crippen molar-refractivity contribution in [1.29, 1.82) is 0 Å². The second-order valence-corrected chi connectivity index (χ2v) is 7.73. The monoisotopic (exact) mass is 414 g/mol. The second kappa shape index (κ2) is 6.65. The number of hydrogen-bond acceptors (Lipinski definition) is 5. The van der Waals surface area contributed by atoms with E-state index >= 15 is 0 Å². The largest absolute Gasteiger partial charge is 0.298 e. The minimum atomic E-state index is -0.374. The summed E-state index contributed by atoms with van der Waals surface area (Å²) in [6, 6.07) is 15.6. The summed E-state index contributed by atoms with van der Waals surface area (Å²) in [5.74, 6) is 0.686. The predicted molar refractivity (Wildman–Crippen MR) is 103 cm³/mol. The van der Waals surface area contributed by atoms with E-state index in [1.807, 2.05) is 55.5 Å². The molecule has 0 saturated heterocycles. The molecule has 0 saturated carbocycles. The number of hydrogen-bond donors (Lipinski definition) is 1. The fourth-order valence-corrected chi connectivity index (χ4v) is 3.91. The molecule has 2 aliphatic heterocycles. The topological polar surface area (TPSA) is 57.1 Å². The van der Waals surface area contributed by atoms with Gasteiger partial charge in [-0.15, -0.1) is 5.10 Å². The van der Waals surface area contributed by atoms with E-state index in [1.165, 1.54) is 11.8 Å².